The van der Waals surface area contributed by atoms with Crippen LogP contribution in [0.2, 0.25) is 0 Å². The van der Waals surface area contributed by atoms with E-state index in [0.29, 0.717) is 18.4 Å². The zero-order chi connectivity index (χ0) is 18.4. The molecule has 2 rings (SSSR count). The molecule has 3 N–H and O–H groups in total. The van der Waals surface area contributed by atoms with Crippen LogP contribution in [0.15, 0.2) is 4.99 Å². The molecule has 0 aromatic rings. The molecule has 26 heavy (non-hydrogen) atoms. The minimum atomic E-state index is -0.521. The van der Waals surface area contributed by atoms with E-state index >= 15 is 0 Å². The normalized spacial score (nSPS) is 21.3. The number of hydrogen-bond donors (Lipinski definition) is 3. The highest BCUT2D eigenvalue weighted by molar-refractivity contribution is 14.0. The predicted molar refractivity (Wildman–Crippen MR) is 115 cm³/mol. The molecule has 1 unspecified atom stereocenters. The number of nitrogens with one attached hydrogen (secondary N) is 3. The summed E-state index contributed by atoms with van der Waals surface area (Å²) in [5, 5.41) is 9.29. The SMILES string of the molecule is CN=C(NCC(C)(C)C(=O)NC)NC1CCN(C(=O)C2CCCC2)C1.I. The van der Waals surface area contributed by atoms with Crippen LogP contribution >= 0.6 is 24.0 Å². The highest BCUT2D eigenvalue weighted by Crippen LogP contribution is 2.27. The Kier molecular flexibility index (Phi) is 9.12. The summed E-state index contributed by atoms with van der Waals surface area (Å²) in [4.78, 5) is 30.6. The van der Waals surface area contributed by atoms with Crippen LogP contribution in [0, 0.1) is 11.3 Å². The third kappa shape index (κ3) is 5.99. The molecule has 1 heterocycles. The van der Waals surface area contributed by atoms with Crippen LogP contribution in [-0.4, -0.2) is 62.4 Å². The largest absolute Gasteiger partial charge is 0.359 e. The second-order valence-corrected chi connectivity index (χ2v) is 7.78. The van der Waals surface area contributed by atoms with Gasteiger partial charge in [0.05, 0.1) is 5.41 Å². The first kappa shape index (κ1) is 23.0. The van der Waals surface area contributed by atoms with E-state index in [-0.39, 0.29) is 41.8 Å². The number of guanidine groups is 1. The summed E-state index contributed by atoms with van der Waals surface area (Å²) in [6.45, 7) is 5.82. The van der Waals surface area contributed by atoms with Gasteiger partial charge in [0.25, 0.3) is 0 Å². The number of carbonyl (C=O) groups is 2. The van der Waals surface area contributed by atoms with E-state index in [2.05, 4.69) is 20.9 Å². The lowest BCUT2D eigenvalue weighted by atomic mass is 9.92. The van der Waals surface area contributed by atoms with Gasteiger partial charge in [0.1, 0.15) is 0 Å². The average molecular weight is 479 g/mol. The molecule has 0 spiro atoms. The van der Waals surface area contributed by atoms with Crippen LogP contribution in [0.3, 0.4) is 0 Å². The Morgan fingerprint density at radius 1 is 1.19 bits per heavy atom. The van der Waals surface area contributed by atoms with Crippen LogP contribution in [0.4, 0.5) is 0 Å². The lowest BCUT2D eigenvalue weighted by Crippen LogP contribution is -2.50. The third-order valence-electron chi connectivity index (χ3n) is 5.31. The van der Waals surface area contributed by atoms with Crippen molar-refractivity contribution in [3.8, 4) is 0 Å². The summed E-state index contributed by atoms with van der Waals surface area (Å²) < 4.78 is 0. The number of likely N-dealkylation sites (tertiary alicyclic amines) is 1. The summed E-state index contributed by atoms with van der Waals surface area (Å²) in [6, 6.07) is 0.208. The van der Waals surface area contributed by atoms with Gasteiger partial charge in [-0.15, -0.1) is 24.0 Å². The Morgan fingerprint density at radius 2 is 1.85 bits per heavy atom. The van der Waals surface area contributed by atoms with Crippen molar-refractivity contribution < 1.29 is 9.59 Å². The molecule has 0 bridgehead atoms. The van der Waals surface area contributed by atoms with E-state index in [1.54, 1.807) is 14.1 Å². The first-order valence-electron chi connectivity index (χ1n) is 9.35. The topological polar surface area (TPSA) is 85.8 Å². The van der Waals surface area contributed by atoms with E-state index in [9.17, 15) is 9.59 Å². The van der Waals surface area contributed by atoms with Crippen LogP contribution < -0.4 is 16.0 Å². The fourth-order valence-corrected chi connectivity index (χ4v) is 3.62. The fraction of sp³-hybridized carbons (Fsp3) is 0.833. The molecule has 1 saturated heterocycles. The van der Waals surface area contributed by atoms with Crippen LogP contribution in [0.5, 0.6) is 0 Å². The van der Waals surface area contributed by atoms with Crippen molar-refractivity contribution >= 4 is 41.8 Å². The maximum Gasteiger partial charge on any atom is 0.227 e. The van der Waals surface area contributed by atoms with E-state index in [1.165, 1.54) is 12.8 Å². The molecule has 1 atom stereocenters. The van der Waals surface area contributed by atoms with E-state index in [4.69, 9.17) is 0 Å². The van der Waals surface area contributed by atoms with Gasteiger partial charge in [0.2, 0.25) is 11.8 Å². The average Bonchev–Trinajstić information content (AvgIpc) is 3.28. The Morgan fingerprint density at radius 3 is 2.42 bits per heavy atom. The zero-order valence-electron chi connectivity index (χ0n) is 16.4. The van der Waals surface area contributed by atoms with Crippen LogP contribution in [-0.2, 0) is 9.59 Å². The Bertz CT molecular complexity index is 518. The molecule has 2 aliphatic rings. The first-order chi connectivity index (χ1) is 11.9. The summed E-state index contributed by atoms with van der Waals surface area (Å²) in [5.41, 5.74) is -0.521. The number of rotatable bonds is 5. The van der Waals surface area contributed by atoms with Gasteiger partial charge in [-0.2, -0.15) is 0 Å². The van der Waals surface area contributed by atoms with Crippen LogP contribution in [0.25, 0.3) is 0 Å². The highest BCUT2D eigenvalue weighted by atomic mass is 127. The van der Waals surface area contributed by atoms with E-state index in [0.717, 1.165) is 32.4 Å². The maximum absolute atomic E-state index is 12.5. The third-order valence-corrected chi connectivity index (χ3v) is 5.31. The van der Waals surface area contributed by atoms with Gasteiger partial charge in [0, 0.05) is 45.7 Å². The van der Waals surface area contributed by atoms with Crippen molar-refractivity contribution in [1.82, 2.24) is 20.9 Å². The van der Waals surface area contributed by atoms with Gasteiger partial charge in [0.15, 0.2) is 5.96 Å². The summed E-state index contributed by atoms with van der Waals surface area (Å²) in [7, 11) is 3.37. The molecule has 0 radical (unpaired) electrons. The van der Waals surface area contributed by atoms with Gasteiger partial charge < -0.3 is 20.9 Å². The van der Waals surface area contributed by atoms with Crippen molar-refractivity contribution in [2.24, 2.45) is 16.3 Å². The van der Waals surface area contributed by atoms with Gasteiger partial charge in [-0.05, 0) is 33.1 Å². The van der Waals surface area contributed by atoms with Crippen molar-refractivity contribution in [2.45, 2.75) is 52.0 Å². The standard InChI is InChI=1S/C18H33N5O2.HI/c1-18(2,16(25)19-3)12-21-17(20-4)22-14-9-10-23(11-14)15(24)13-7-5-6-8-13;/h13-14H,5-12H2,1-4H3,(H,19,25)(H2,20,21,22);1H. The highest BCUT2D eigenvalue weighted by Gasteiger charge is 2.33. The zero-order valence-corrected chi connectivity index (χ0v) is 18.8. The van der Waals surface area contributed by atoms with Gasteiger partial charge in [-0.1, -0.05) is 12.8 Å². The van der Waals surface area contributed by atoms with Crippen molar-refractivity contribution in [3.63, 3.8) is 0 Å². The molecule has 0 aromatic carbocycles. The second kappa shape index (κ2) is 10.3. The van der Waals surface area contributed by atoms with Crippen molar-refractivity contribution in [1.29, 1.82) is 0 Å². The van der Waals surface area contributed by atoms with Crippen LogP contribution in [0.1, 0.15) is 46.0 Å². The minimum absolute atomic E-state index is 0. The number of carbonyl (C=O) groups excluding carboxylic acids is 2. The predicted octanol–water partition coefficient (Wildman–Crippen LogP) is 1.33. The molecule has 2 fully saturated rings. The lowest BCUT2D eigenvalue weighted by Gasteiger charge is -2.25. The summed E-state index contributed by atoms with van der Waals surface area (Å²) in [5.74, 6) is 1.23. The molecule has 1 saturated carbocycles. The number of hydrogen-bond acceptors (Lipinski definition) is 3. The quantitative estimate of drug-likeness (QED) is 0.316. The molecule has 1 aliphatic carbocycles. The summed E-state index contributed by atoms with van der Waals surface area (Å²) >= 11 is 0. The fourth-order valence-electron chi connectivity index (χ4n) is 3.62. The van der Waals surface area contributed by atoms with E-state index in [1.807, 2.05) is 18.7 Å². The minimum Gasteiger partial charge on any atom is -0.359 e. The Balaban J connectivity index is 0.00000338. The van der Waals surface area contributed by atoms with Crippen molar-refractivity contribution in [2.75, 3.05) is 33.7 Å². The Labute approximate surface area is 174 Å². The maximum atomic E-state index is 12.5. The Hall–Kier alpha value is -1.06. The van der Waals surface area contributed by atoms with Gasteiger partial charge in [-0.3, -0.25) is 14.6 Å². The molecule has 7 nitrogen and oxygen atoms in total. The summed E-state index contributed by atoms with van der Waals surface area (Å²) in [6.07, 6.45) is 5.39. The van der Waals surface area contributed by atoms with E-state index < -0.39 is 5.41 Å². The molecule has 8 heteroatoms. The van der Waals surface area contributed by atoms with Gasteiger partial charge in [-0.25, -0.2) is 0 Å². The number of amides is 2. The molecule has 1 aliphatic heterocycles. The smallest absolute Gasteiger partial charge is 0.227 e. The first-order valence-corrected chi connectivity index (χ1v) is 9.35. The molecule has 0 aromatic heterocycles. The molecular weight excluding hydrogens is 445 g/mol. The monoisotopic (exact) mass is 479 g/mol. The number of aliphatic imine (C=N–C) groups is 1. The van der Waals surface area contributed by atoms with Crippen molar-refractivity contribution in [3.05, 3.63) is 0 Å². The number of halogens is 1. The molecular formula is C18H34IN5O2. The second-order valence-electron chi connectivity index (χ2n) is 7.78. The molecule has 150 valence electrons. The molecule has 2 amide bonds. The number of nitrogens with zero attached hydrogens (tertiary/aromatic N) is 2. The van der Waals surface area contributed by atoms with Gasteiger partial charge >= 0.3 is 0 Å². The lowest BCUT2D eigenvalue weighted by molar-refractivity contribution is -0.134.